The number of rotatable bonds is 4. The van der Waals surface area contributed by atoms with E-state index in [4.69, 9.17) is 0 Å². The van der Waals surface area contributed by atoms with Gasteiger partial charge in [0.25, 0.3) is 5.91 Å². The number of hydrogen-bond donors (Lipinski definition) is 1. The highest BCUT2D eigenvalue weighted by Crippen LogP contribution is 2.19. The molecule has 0 aromatic heterocycles. The van der Waals surface area contributed by atoms with E-state index in [1.54, 1.807) is 0 Å². The Labute approximate surface area is 151 Å². The van der Waals surface area contributed by atoms with Crippen molar-refractivity contribution in [3.63, 3.8) is 0 Å². The monoisotopic (exact) mass is 336 g/mol. The molecule has 0 saturated carbocycles. The van der Waals surface area contributed by atoms with Crippen LogP contribution >= 0.6 is 0 Å². The van der Waals surface area contributed by atoms with E-state index in [2.05, 4.69) is 42.3 Å². The quantitative estimate of drug-likeness (QED) is 0.871. The summed E-state index contributed by atoms with van der Waals surface area (Å²) >= 11 is 0. The van der Waals surface area contributed by atoms with Crippen LogP contribution in [0.1, 0.15) is 46.8 Å². The summed E-state index contributed by atoms with van der Waals surface area (Å²) in [6.45, 7) is 9.73. The highest BCUT2D eigenvalue weighted by molar-refractivity contribution is 6.04. The molecule has 3 rings (SSSR count). The second-order valence-electron chi connectivity index (χ2n) is 7.45. The van der Waals surface area contributed by atoms with E-state index in [1.165, 1.54) is 37.1 Å². The van der Waals surface area contributed by atoms with Crippen molar-refractivity contribution in [1.82, 2.24) is 4.90 Å². The summed E-state index contributed by atoms with van der Waals surface area (Å²) in [4.78, 5) is 15.0. The fourth-order valence-corrected chi connectivity index (χ4v) is 3.60. The number of piperidine rings is 1. The lowest BCUT2D eigenvalue weighted by Gasteiger charge is -2.30. The zero-order valence-electron chi connectivity index (χ0n) is 15.5. The summed E-state index contributed by atoms with van der Waals surface area (Å²) < 4.78 is 0. The summed E-state index contributed by atoms with van der Waals surface area (Å²) in [5.74, 6) is 0.738. The minimum Gasteiger partial charge on any atom is -0.322 e. The van der Waals surface area contributed by atoms with Crippen LogP contribution in [-0.4, -0.2) is 23.9 Å². The lowest BCUT2D eigenvalue weighted by Crippen LogP contribution is -2.33. The van der Waals surface area contributed by atoms with E-state index >= 15 is 0 Å². The first kappa shape index (κ1) is 17.7. The Kier molecular flexibility index (Phi) is 5.54. The SMILES string of the molecule is Cc1ccc(NC(=O)c2ccc(CN3CCC[C@@H](C)C3)cc2)c(C)c1. The Morgan fingerprint density at radius 1 is 1.16 bits per heavy atom. The number of aryl methyl sites for hydroxylation is 2. The van der Waals surface area contributed by atoms with Gasteiger partial charge in [-0.25, -0.2) is 0 Å². The maximum absolute atomic E-state index is 12.5. The lowest BCUT2D eigenvalue weighted by molar-refractivity contribution is 0.102. The van der Waals surface area contributed by atoms with Crippen LogP contribution in [-0.2, 0) is 6.54 Å². The number of nitrogens with zero attached hydrogens (tertiary/aromatic N) is 1. The van der Waals surface area contributed by atoms with E-state index in [0.717, 1.165) is 23.7 Å². The molecule has 1 aliphatic rings. The molecule has 1 aliphatic heterocycles. The van der Waals surface area contributed by atoms with Gasteiger partial charge in [-0.2, -0.15) is 0 Å². The highest BCUT2D eigenvalue weighted by Gasteiger charge is 2.16. The summed E-state index contributed by atoms with van der Waals surface area (Å²) in [6.07, 6.45) is 2.63. The zero-order chi connectivity index (χ0) is 17.8. The number of benzene rings is 2. The van der Waals surface area contributed by atoms with Crippen molar-refractivity contribution < 1.29 is 4.79 Å². The van der Waals surface area contributed by atoms with E-state index in [0.29, 0.717) is 5.56 Å². The van der Waals surface area contributed by atoms with Crippen molar-refractivity contribution in [3.8, 4) is 0 Å². The first-order chi connectivity index (χ1) is 12.0. The zero-order valence-corrected chi connectivity index (χ0v) is 15.5. The summed E-state index contributed by atoms with van der Waals surface area (Å²) in [7, 11) is 0. The van der Waals surface area contributed by atoms with E-state index in [-0.39, 0.29) is 5.91 Å². The van der Waals surface area contributed by atoms with Crippen molar-refractivity contribution in [2.45, 2.75) is 40.2 Å². The van der Waals surface area contributed by atoms with Crippen LogP contribution < -0.4 is 5.32 Å². The number of hydrogen-bond acceptors (Lipinski definition) is 2. The van der Waals surface area contributed by atoms with E-state index in [9.17, 15) is 4.79 Å². The molecule has 1 amide bonds. The van der Waals surface area contributed by atoms with Gasteiger partial charge in [-0.1, -0.05) is 36.8 Å². The third-order valence-electron chi connectivity index (χ3n) is 4.99. The van der Waals surface area contributed by atoms with Crippen molar-refractivity contribution in [2.75, 3.05) is 18.4 Å². The largest absolute Gasteiger partial charge is 0.322 e. The Balaban J connectivity index is 1.62. The fourth-order valence-electron chi connectivity index (χ4n) is 3.60. The van der Waals surface area contributed by atoms with Crippen molar-refractivity contribution in [3.05, 3.63) is 64.7 Å². The van der Waals surface area contributed by atoms with Crippen LogP contribution in [0.2, 0.25) is 0 Å². The first-order valence-electron chi connectivity index (χ1n) is 9.21. The maximum atomic E-state index is 12.5. The Morgan fingerprint density at radius 3 is 2.60 bits per heavy atom. The number of amides is 1. The second kappa shape index (κ2) is 7.83. The number of likely N-dealkylation sites (tertiary alicyclic amines) is 1. The van der Waals surface area contributed by atoms with Gasteiger partial charge in [0.1, 0.15) is 0 Å². The van der Waals surface area contributed by atoms with Crippen LogP contribution in [0.25, 0.3) is 0 Å². The standard InChI is InChI=1S/C22H28N2O/c1-16-6-11-21(18(3)13-16)23-22(25)20-9-7-19(8-10-20)15-24-12-4-5-17(2)14-24/h6-11,13,17H,4-5,12,14-15H2,1-3H3,(H,23,25)/t17-/m1/s1. The summed E-state index contributed by atoms with van der Waals surface area (Å²) in [5.41, 5.74) is 5.14. The molecule has 1 N–H and O–H groups in total. The summed E-state index contributed by atoms with van der Waals surface area (Å²) in [5, 5.41) is 3.01. The molecule has 1 atom stereocenters. The van der Waals surface area contributed by atoms with Gasteiger partial charge in [-0.05, 0) is 68.5 Å². The molecule has 132 valence electrons. The van der Waals surface area contributed by atoms with Crippen LogP contribution in [0.3, 0.4) is 0 Å². The van der Waals surface area contributed by atoms with Gasteiger partial charge in [-0.15, -0.1) is 0 Å². The van der Waals surface area contributed by atoms with Gasteiger partial charge in [0.05, 0.1) is 0 Å². The van der Waals surface area contributed by atoms with Gasteiger partial charge in [-0.3, -0.25) is 9.69 Å². The minimum atomic E-state index is -0.0508. The Bertz CT molecular complexity index is 736. The Hall–Kier alpha value is -2.13. The highest BCUT2D eigenvalue weighted by atomic mass is 16.1. The predicted octanol–water partition coefficient (Wildman–Crippen LogP) is 4.79. The first-order valence-corrected chi connectivity index (χ1v) is 9.21. The number of anilines is 1. The van der Waals surface area contributed by atoms with Crippen LogP contribution in [0, 0.1) is 19.8 Å². The molecule has 0 unspecified atom stereocenters. The van der Waals surface area contributed by atoms with Crippen molar-refractivity contribution >= 4 is 11.6 Å². The molecule has 3 heteroatoms. The number of nitrogens with one attached hydrogen (secondary N) is 1. The molecule has 0 bridgehead atoms. The maximum Gasteiger partial charge on any atom is 0.255 e. The van der Waals surface area contributed by atoms with Crippen LogP contribution in [0.5, 0.6) is 0 Å². The molecule has 1 saturated heterocycles. The average molecular weight is 336 g/mol. The number of carbonyl (C=O) groups is 1. The predicted molar refractivity (Wildman–Crippen MR) is 104 cm³/mol. The van der Waals surface area contributed by atoms with Gasteiger partial charge < -0.3 is 5.32 Å². The van der Waals surface area contributed by atoms with Gasteiger partial charge in [0.2, 0.25) is 0 Å². The molecular weight excluding hydrogens is 308 g/mol. The average Bonchev–Trinajstić information content (AvgIpc) is 2.58. The molecule has 0 aliphatic carbocycles. The smallest absolute Gasteiger partial charge is 0.255 e. The fraction of sp³-hybridized carbons (Fsp3) is 0.409. The van der Waals surface area contributed by atoms with Crippen molar-refractivity contribution in [2.24, 2.45) is 5.92 Å². The third-order valence-corrected chi connectivity index (χ3v) is 4.99. The molecule has 3 nitrogen and oxygen atoms in total. The normalized spacial score (nSPS) is 18.1. The molecule has 0 radical (unpaired) electrons. The summed E-state index contributed by atoms with van der Waals surface area (Å²) in [6, 6.07) is 14.1. The molecule has 2 aromatic carbocycles. The molecular formula is C22H28N2O. The number of carbonyl (C=O) groups excluding carboxylic acids is 1. The minimum absolute atomic E-state index is 0.0508. The molecule has 1 heterocycles. The van der Waals surface area contributed by atoms with Crippen molar-refractivity contribution in [1.29, 1.82) is 0 Å². The lowest BCUT2D eigenvalue weighted by atomic mass is 9.99. The topological polar surface area (TPSA) is 32.3 Å². The second-order valence-corrected chi connectivity index (χ2v) is 7.45. The van der Waals surface area contributed by atoms with Gasteiger partial charge in [0, 0.05) is 24.3 Å². The molecule has 25 heavy (non-hydrogen) atoms. The van der Waals surface area contributed by atoms with Crippen LogP contribution in [0.4, 0.5) is 5.69 Å². The van der Waals surface area contributed by atoms with E-state index in [1.807, 2.05) is 31.2 Å². The van der Waals surface area contributed by atoms with Gasteiger partial charge in [0.15, 0.2) is 0 Å². The van der Waals surface area contributed by atoms with Crippen LogP contribution in [0.15, 0.2) is 42.5 Å². The van der Waals surface area contributed by atoms with Gasteiger partial charge >= 0.3 is 0 Å². The molecule has 2 aromatic rings. The Morgan fingerprint density at radius 2 is 1.92 bits per heavy atom. The molecule has 1 fully saturated rings. The molecule has 0 spiro atoms. The van der Waals surface area contributed by atoms with E-state index < -0.39 is 0 Å². The third kappa shape index (κ3) is 4.70.